The van der Waals surface area contributed by atoms with Crippen molar-refractivity contribution in [1.29, 1.82) is 0 Å². The summed E-state index contributed by atoms with van der Waals surface area (Å²) in [4.78, 5) is 15.5. The van der Waals surface area contributed by atoms with E-state index in [-0.39, 0.29) is 5.56 Å². The van der Waals surface area contributed by atoms with Gasteiger partial charge in [0.2, 0.25) is 0 Å². The molecule has 98 valence electrons. The Morgan fingerprint density at radius 1 is 1.37 bits per heavy atom. The number of aromatic nitrogens is 1. The molecule has 2 rings (SSSR count). The van der Waals surface area contributed by atoms with E-state index in [9.17, 15) is 4.79 Å². The van der Waals surface area contributed by atoms with Crippen LogP contribution in [0.4, 0.5) is 17.2 Å². The third kappa shape index (κ3) is 2.95. The Labute approximate surface area is 115 Å². The minimum absolute atomic E-state index is 0.236. The number of hydrogen-bond acceptors (Lipinski definition) is 4. The Bertz CT molecular complexity index is 643. The zero-order valence-electron chi connectivity index (χ0n) is 10.3. The Balaban J connectivity index is 2.43. The number of nitrogens with zero attached hydrogens (tertiary/aromatic N) is 1. The van der Waals surface area contributed by atoms with Gasteiger partial charge in [0.05, 0.1) is 17.4 Å². The molecule has 1 aromatic heterocycles. The van der Waals surface area contributed by atoms with Crippen molar-refractivity contribution in [2.45, 2.75) is 6.92 Å². The SMILES string of the molecule is Cc1ccc(Cl)cc1Nc1ncc(N)cc1C(N)=O. The first-order valence-electron chi connectivity index (χ1n) is 5.56. The number of primary amides is 1. The van der Waals surface area contributed by atoms with E-state index in [0.29, 0.717) is 16.5 Å². The average Bonchev–Trinajstić information content (AvgIpc) is 2.35. The maximum absolute atomic E-state index is 11.4. The molecule has 0 atom stereocenters. The highest BCUT2D eigenvalue weighted by atomic mass is 35.5. The molecule has 1 amide bonds. The van der Waals surface area contributed by atoms with Crippen molar-refractivity contribution in [3.63, 3.8) is 0 Å². The second-order valence-corrected chi connectivity index (χ2v) is 4.55. The van der Waals surface area contributed by atoms with Gasteiger partial charge in [0.1, 0.15) is 5.82 Å². The van der Waals surface area contributed by atoms with Crippen molar-refractivity contribution in [2.24, 2.45) is 5.73 Å². The molecule has 0 radical (unpaired) electrons. The molecule has 0 aliphatic carbocycles. The van der Waals surface area contributed by atoms with Crippen molar-refractivity contribution in [1.82, 2.24) is 4.98 Å². The molecule has 0 unspecified atom stereocenters. The number of nitrogen functional groups attached to an aromatic ring is 1. The van der Waals surface area contributed by atoms with E-state index in [1.54, 1.807) is 12.1 Å². The van der Waals surface area contributed by atoms with Gasteiger partial charge >= 0.3 is 0 Å². The van der Waals surface area contributed by atoms with Crippen molar-refractivity contribution in [3.8, 4) is 0 Å². The van der Waals surface area contributed by atoms with E-state index in [1.807, 2.05) is 13.0 Å². The zero-order valence-corrected chi connectivity index (χ0v) is 11.0. The highest BCUT2D eigenvalue weighted by molar-refractivity contribution is 6.30. The molecule has 0 aliphatic rings. The highest BCUT2D eigenvalue weighted by Gasteiger charge is 2.11. The van der Waals surface area contributed by atoms with Crippen LogP contribution in [0.2, 0.25) is 5.02 Å². The number of rotatable bonds is 3. The third-order valence-electron chi connectivity index (χ3n) is 2.63. The maximum atomic E-state index is 11.4. The molecule has 19 heavy (non-hydrogen) atoms. The van der Waals surface area contributed by atoms with Crippen molar-refractivity contribution in [3.05, 3.63) is 46.6 Å². The molecule has 5 N–H and O–H groups in total. The molecular weight excluding hydrogens is 264 g/mol. The molecule has 0 saturated carbocycles. The number of benzene rings is 1. The summed E-state index contributed by atoms with van der Waals surface area (Å²) in [5, 5.41) is 3.63. The average molecular weight is 277 g/mol. The predicted octanol–water partition coefficient (Wildman–Crippen LogP) is 2.47. The second kappa shape index (κ2) is 5.16. The van der Waals surface area contributed by atoms with Crippen LogP contribution in [-0.2, 0) is 0 Å². The fourth-order valence-corrected chi connectivity index (χ4v) is 1.80. The Morgan fingerprint density at radius 2 is 2.11 bits per heavy atom. The second-order valence-electron chi connectivity index (χ2n) is 4.11. The van der Waals surface area contributed by atoms with Crippen LogP contribution in [0, 0.1) is 6.92 Å². The highest BCUT2D eigenvalue weighted by Crippen LogP contribution is 2.25. The minimum Gasteiger partial charge on any atom is -0.397 e. The van der Waals surface area contributed by atoms with E-state index in [4.69, 9.17) is 23.1 Å². The van der Waals surface area contributed by atoms with Gasteiger partial charge in [-0.15, -0.1) is 0 Å². The lowest BCUT2D eigenvalue weighted by atomic mass is 10.2. The quantitative estimate of drug-likeness (QED) is 0.803. The Morgan fingerprint density at radius 3 is 2.79 bits per heavy atom. The Hall–Kier alpha value is -2.27. The number of nitrogens with one attached hydrogen (secondary N) is 1. The topological polar surface area (TPSA) is 94.0 Å². The number of anilines is 3. The lowest BCUT2D eigenvalue weighted by Crippen LogP contribution is -2.15. The normalized spacial score (nSPS) is 10.2. The van der Waals surface area contributed by atoms with Gasteiger partial charge < -0.3 is 16.8 Å². The summed E-state index contributed by atoms with van der Waals surface area (Å²) in [6, 6.07) is 6.89. The summed E-state index contributed by atoms with van der Waals surface area (Å²) < 4.78 is 0. The number of pyridine rings is 1. The fraction of sp³-hybridized carbons (Fsp3) is 0.0769. The van der Waals surface area contributed by atoms with E-state index in [1.165, 1.54) is 12.3 Å². The lowest BCUT2D eigenvalue weighted by molar-refractivity contribution is 0.100. The summed E-state index contributed by atoms with van der Waals surface area (Å²) >= 11 is 5.94. The standard InChI is InChI=1S/C13H13ClN4O/c1-7-2-3-8(14)4-11(7)18-13-10(12(16)19)5-9(15)6-17-13/h2-6H,15H2,1H3,(H2,16,19)(H,17,18). The number of aryl methyl sites for hydroxylation is 1. The van der Waals surface area contributed by atoms with Crippen LogP contribution in [0.25, 0.3) is 0 Å². The van der Waals surface area contributed by atoms with E-state index in [2.05, 4.69) is 10.3 Å². The first-order chi connectivity index (χ1) is 8.97. The Kier molecular flexibility index (Phi) is 3.57. The first-order valence-corrected chi connectivity index (χ1v) is 5.93. The molecular formula is C13H13ClN4O. The number of nitrogens with two attached hydrogens (primary N) is 2. The summed E-state index contributed by atoms with van der Waals surface area (Å²) in [6.45, 7) is 1.92. The van der Waals surface area contributed by atoms with E-state index < -0.39 is 5.91 Å². The minimum atomic E-state index is -0.595. The summed E-state index contributed by atoms with van der Waals surface area (Å²) in [7, 11) is 0. The number of hydrogen-bond donors (Lipinski definition) is 3. The summed E-state index contributed by atoms with van der Waals surface area (Å²) in [6.07, 6.45) is 1.45. The number of halogens is 1. The van der Waals surface area contributed by atoms with Crippen LogP contribution >= 0.6 is 11.6 Å². The van der Waals surface area contributed by atoms with Gasteiger partial charge in [-0.2, -0.15) is 0 Å². The molecule has 1 heterocycles. The number of carbonyl (C=O) groups is 1. The molecule has 0 bridgehead atoms. The van der Waals surface area contributed by atoms with Crippen molar-refractivity contribution in [2.75, 3.05) is 11.1 Å². The van der Waals surface area contributed by atoms with Crippen LogP contribution in [-0.4, -0.2) is 10.9 Å². The van der Waals surface area contributed by atoms with Crippen LogP contribution in [0.5, 0.6) is 0 Å². The van der Waals surface area contributed by atoms with Gasteiger partial charge in [-0.05, 0) is 30.7 Å². The van der Waals surface area contributed by atoms with Crippen LogP contribution < -0.4 is 16.8 Å². The predicted molar refractivity (Wildman–Crippen MR) is 76.6 cm³/mol. The maximum Gasteiger partial charge on any atom is 0.252 e. The van der Waals surface area contributed by atoms with Gasteiger partial charge in [-0.25, -0.2) is 4.98 Å². The first kappa shape index (κ1) is 13.2. The summed E-state index contributed by atoms with van der Waals surface area (Å²) in [5.74, 6) is -0.242. The molecule has 6 heteroatoms. The van der Waals surface area contributed by atoms with E-state index in [0.717, 1.165) is 11.3 Å². The van der Waals surface area contributed by atoms with E-state index >= 15 is 0 Å². The monoisotopic (exact) mass is 276 g/mol. The lowest BCUT2D eigenvalue weighted by Gasteiger charge is -2.12. The van der Waals surface area contributed by atoms with Crippen LogP contribution in [0.15, 0.2) is 30.5 Å². The number of amides is 1. The fourth-order valence-electron chi connectivity index (χ4n) is 1.62. The van der Waals surface area contributed by atoms with Gasteiger partial charge in [-0.3, -0.25) is 4.79 Å². The smallest absolute Gasteiger partial charge is 0.252 e. The third-order valence-corrected chi connectivity index (χ3v) is 2.86. The zero-order chi connectivity index (χ0) is 14.0. The molecule has 0 fully saturated rings. The molecule has 2 aromatic rings. The molecule has 0 saturated heterocycles. The molecule has 5 nitrogen and oxygen atoms in total. The number of carbonyl (C=O) groups excluding carboxylic acids is 1. The largest absolute Gasteiger partial charge is 0.397 e. The molecule has 0 aliphatic heterocycles. The van der Waals surface area contributed by atoms with Gasteiger partial charge in [0.15, 0.2) is 0 Å². The van der Waals surface area contributed by atoms with Crippen molar-refractivity contribution < 1.29 is 4.79 Å². The van der Waals surface area contributed by atoms with Crippen molar-refractivity contribution >= 4 is 34.7 Å². The van der Waals surface area contributed by atoms with Gasteiger partial charge in [-0.1, -0.05) is 17.7 Å². The van der Waals surface area contributed by atoms with Gasteiger partial charge in [0, 0.05) is 10.7 Å². The summed E-state index contributed by atoms with van der Waals surface area (Å²) in [5.41, 5.74) is 13.2. The molecule has 0 spiro atoms. The van der Waals surface area contributed by atoms with Crippen LogP contribution in [0.1, 0.15) is 15.9 Å². The van der Waals surface area contributed by atoms with Gasteiger partial charge in [0.25, 0.3) is 5.91 Å². The molecule has 1 aromatic carbocycles. The van der Waals surface area contributed by atoms with Crippen LogP contribution in [0.3, 0.4) is 0 Å².